The smallest absolute Gasteiger partial charge is 0.240 e. The van der Waals surface area contributed by atoms with Crippen molar-refractivity contribution in [1.82, 2.24) is 10.0 Å². The molecule has 0 aliphatic carbocycles. The molecule has 0 fully saturated rings. The molecule has 0 heterocycles. The molecular weight excluding hydrogens is 386 g/mol. The van der Waals surface area contributed by atoms with Crippen molar-refractivity contribution in [2.75, 3.05) is 31.1 Å². The van der Waals surface area contributed by atoms with Crippen LogP contribution >= 0.6 is 0 Å². The maximum atomic E-state index is 12.4. The van der Waals surface area contributed by atoms with Gasteiger partial charge in [-0.3, -0.25) is 4.79 Å². The minimum atomic E-state index is -3.61. The van der Waals surface area contributed by atoms with Crippen molar-refractivity contribution in [2.24, 2.45) is 0 Å². The Morgan fingerprint density at radius 1 is 1.03 bits per heavy atom. The summed E-state index contributed by atoms with van der Waals surface area (Å²) in [6, 6.07) is 15.4. The summed E-state index contributed by atoms with van der Waals surface area (Å²) in [4.78, 5) is 14.5. The van der Waals surface area contributed by atoms with Gasteiger partial charge in [0.1, 0.15) is 0 Å². The molecule has 0 atom stereocenters. The number of anilines is 1. The highest BCUT2D eigenvalue weighted by molar-refractivity contribution is 7.89. The molecule has 2 rings (SSSR count). The summed E-state index contributed by atoms with van der Waals surface area (Å²) in [6.07, 6.45) is 0.934. The van der Waals surface area contributed by atoms with Gasteiger partial charge in [-0.05, 0) is 51.0 Å². The molecule has 158 valence electrons. The Morgan fingerprint density at radius 2 is 1.76 bits per heavy atom. The van der Waals surface area contributed by atoms with Crippen molar-refractivity contribution in [3.8, 4) is 0 Å². The molecule has 0 aliphatic heterocycles. The van der Waals surface area contributed by atoms with Crippen LogP contribution in [0.25, 0.3) is 0 Å². The van der Waals surface area contributed by atoms with Gasteiger partial charge in [0.2, 0.25) is 15.9 Å². The highest BCUT2D eigenvalue weighted by atomic mass is 32.2. The second-order valence-electron chi connectivity index (χ2n) is 7.04. The van der Waals surface area contributed by atoms with E-state index in [-0.39, 0.29) is 23.8 Å². The predicted octanol–water partition coefficient (Wildman–Crippen LogP) is 3.00. The van der Waals surface area contributed by atoms with Gasteiger partial charge in [0, 0.05) is 38.3 Å². The molecule has 0 saturated carbocycles. The summed E-state index contributed by atoms with van der Waals surface area (Å²) >= 11 is 0. The minimum Gasteiger partial charge on any atom is -0.372 e. The maximum absolute atomic E-state index is 12.4. The third-order valence-corrected chi connectivity index (χ3v) is 6.32. The Bertz CT molecular complexity index is 899. The van der Waals surface area contributed by atoms with E-state index < -0.39 is 10.0 Å². The first kappa shape index (κ1) is 22.9. The molecule has 1 amide bonds. The SMILES string of the molecule is CCN(CCCNC(=O)CCNS(=O)(=O)c1ccc(C)cc1C)c1ccccc1. The van der Waals surface area contributed by atoms with E-state index in [9.17, 15) is 13.2 Å². The van der Waals surface area contributed by atoms with E-state index in [2.05, 4.69) is 34.0 Å². The number of para-hydroxylation sites is 1. The topological polar surface area (TPSA) is 78.5 Å². The molecule has 0 aromatic heterocycles. The van der Waals surface area contributed by atoms with Gasteiger partial charge in [0.05, 0.1) is 4.90 Å². The van der Waals surface area contributed by atoms with Gasteiger partial charge >= 0.3 is 0 Å². The normalized spacial score (nSPS) is 11.3. The van der Waals surface area contributed by atoms with Gasteiger partial charge in [-0.2, -0.15) is 0 Å². The Labute approximate surface area is 174 Å². The summed E-state index contributed by atoms with van der Waals surface area (Å²) in [5.74, 6) is -0.156. The number of amides is 1. The highest BCUT2D eigenvalue weighted by Crippen LogP contribution is 2.16. The van der Waals surface area contributed by atoms with Crippen LogP contribution in [0, 0.1) is 13.8 Å². The summed E-state index contributed by atoms with van der Waals surface area (Å²) < 4.78 is 27.3. The molecule has 0 saturated heterocycles. The van der Waals surface area contributed by atoms with Crippen LogP contribution in [0.15, 0.2) is 53.4 Å². The number of hydrogen-bond donors (Lipinski definition) is 2. The molecule has 6 nitrogen and oxygen atoms in total. The minimum absolute atomic E-state index is 0.0760. The second-order valence-corrected chi connectivity index (χ2v) is 8.77. The van der Waals surface area contributed by atoms with Crippen LogP contribution < -0.4 is 14.9 Å². The first-order chi connectivity index (χ1) is 13.8. The largest absolute Gasteiger partial charge is 0.372 e. The molecule has 0 aliphatic rings. The number of sulfonamides is 1. The lowest BCUT2D eigenvalue weighted by Crippen LogP contribution is -2.33. The lowest BCUT2D eigenvalue weighted by molar-refractivity contribution is -0.120. The van der Waals surface area contributed by atoms with Crippen LogP contribution in [0.4, 0.5) is 5.69 Å². The zero-order chi connectivity index (χ0) is 21.3. The summed E-state index contributed by atoms with van der Waals surface area (Å²) in [6.45, 7) is 8.17. The fourth-order valence-corrected chi connectivity index (χ4v) is 4.43. The molecule has 2 aromatic rings. The van der Waals surface area contributed by atoms with E-state index in [4.69, 9.17) is 0 Å². The van der Waals surface area contributed by atoms with E-state index in [1.165, 1.54) is 5.69 Å². The van der Waals surface area contributed by atoms with Crippen molar-refractivity contribution in [3.05, 3.63) is 59.7 Å². The number of carbonyl (C=O) groups excluding carboxylic acids is 1. The van der Waals surface area contributed by atoms with Gasteiger partial charge in [-0.15, -0.1) is 0 Å². The van der Waals surface area contributed by atoms with Crippen molar-refractivity contribution >= 4 is 21.6 Å². The highest BCUT2D eigenvalue weighted by Gasteiger charge is 2.16. The van der Waals surface area contributed by atoms with Crippen molar-refractivity contribution in [3.63, 3.8) is 0 Å². The second kappa shape index (κ2) is 11.0. The molecule has 0 radical (unpaired) electrons. The zero-order valence-corrected chi connectivity index (χ0v) is 18.3. The van der Waals surface area contributed by atoms with E-state index in [1.807, 2.05) is 31.2 Å². The molecule has 29 heavy (non-hydrogen) atoms. The quantitative estimate of drug-likeness (QED) is 0.551. The van der Waals surface area contributed by atoms with E-state index in [0.29, 0.717) is 12.1 Å². The summed E-state index contributed by atoms with van der Waals surface area (Å²) in [5.41, 5.74) is 2.87. The summed E-state index contributed by atoms with van der Waals surface area (Å²) in [5, 5.41) is 2.86. The molecule has 7 heteroatoms. The van der Waals surface area contributed by atoms with Crippen LogP contribution in [0.2, 0.25) is 0 Å². The molecule has 2 N–H and O–H groups in total. The van der Waals surface area contributed by atoms with Crippen LogP contribution in [0.3, 0.4) is 0 Å². The maximum Gasteiger partial charge on any atom is 0.240 e. The number of hydrogen-bond acceptors (Lipinski definition) is 4. The number of nitrogens with zero attached hydrogens (tertiary/aromatic N) is 1. The van der Waals surface area contributed by atoms with Gasteiger partial charge in [-0.1, -0.05) is 35.9 Å². The van der Waals surface area contributed by atoms with Crippen molar-refractivity contribution < 1.29 is 13.2 Å². The van der Waals surface area contributed by atoms with Crippen LogP contribution in [0.1, 0.15) is 30.9 Å². The van der Waals surface area contributed by atoms with Crippen LogP contribution in [0.5, 0.6) is 0 Å². The number of aryl methyl sites for hydroxylation is 2. The Kier molecular flexibility index (Phi) is 8.67. The third-order valence-electron chi connectivity index (χ3n) is 4.69. The molecule has 0 bridgehead atoms. The lowest BCUT2D eigenvalue weighted by atomic mass is 10.2. The number of benzene rings is 2. The summed E-state index contributed by atoms with van der Waals surface area (Å²) in [7, 11) is -3.61. The van der Waals surface area contributed by atoms with Crippen molar-refractivity contribution in [2.45, 2.75) is 38.5 Å². The third kappa shape index (κ3) is 7.18. The number of carbonyl (C=O) groups is 1. The van der Waals surface area contributed by atoms with E-state index in [1.54, 1.807) is 19.1 Å². The predicted molar refractivity (Wildman–Crippen MR) is 118 cm³/mol. The fourth-order valence-electron chi connectivity index (χ4n) is 3.17. The van der Waals surface area contributed by atoms with Gasteiger partial charge in [0.15, 0.2) is 0 Å². The average Bonchev–Trinajstić information content (AvgIpc) is 2.68. The van der Waals surface area contributed by atoms with Gasteiger partial charge in [-0.25, -0.2) is 13.1 Å². The van der Waals surface area contributed by atoms with Gasteiger partial charge in [0.25, 0.3) is 0 Å². The van der Waals surface area contributed by atoms with Crippen LogP contribution in [-0.2, 0) is 14.8 Å². The molecule has 0 unspecified atom stereocenters. The molecular formula is C22H31N3O3S. The Hall–Kier alpha value is -2.38. The van der Waals surface area contributed by atoms with E-state index in [0.717, 1.165) is 25.1 Å². The van der Waals surface area contributed by atoms with Crippen molar-refractivity contribution in [1.29, 1.82) is 0 Å². The molecule has 0 spiro atoms. The lowest BCUT2D eigenvalue weighted by Gasteiger charge is -2.23. The Balaban J connectivity index is 1.70. The average molecular weight is 418 g/mol. The number of rotatable bonds is 11. The first-order valence-electron chi connectivity index (χ1n) is 9.97. The fraction of sp³-hybridized carbons (Fsp3) is 0.409. The number of nitrogens with one attached hydrogen (secondary N) is 2. The van der Waals surface area contributed by atoms with Crippen LogP contribution in [-0.4, -0.2) is 40.5 Å². The Morgan fingerprint density at radius 3 is 2.41 bits per heavy atom. The van der Waals surface area contributed by atoms with E-state index >= 15 is 0 Å². The standard InChI is InChI=1S/C22H31N3O3S/c1-4-25(20-9-6-5-7-10-20)16-8-14-23-22(26)13-15-24-29(27,28)21-12-11-18(2)17-19(21)3/h5-7,9-12,17,24H,4,8,13-16H2,1-3H3,(H,23,26). The van der Waals surface area contributed by atoms with Gasteiger partial charge < -0.3 is 10.2 Å². The first-order valence-corrected chi connectivity index (χ1v) is 11.5. The zero-order valence-electron chi connectivity index (χ0n) is 17.4. The molecule has 2 aromatic carbocycles. The monoisotopic (exact) mass is 417 g/mol.